The van der Waals surface area contributed by atoms with Crippen LogP contribution in [0.15, 0.2) is 24.3 Å². The molecule has 1 aromatic carbocycles. The van der Waals surface area contributed by atoms with Crippen LogP contribution >= 0.6 is 0 Å². The molecule has 0 aliphatic heterocycles. The average Bonchev–Trinajstić information content (AvgIpc) is 2.41. The second kappa shape index (κ2) is 8.34. The van der Waals surface area contributed by atoms with Gasteiger partial charge in [-0.1, -0.05) is 44.5 Å². The van der Waals surface area contributed by atoms with E-state index in [4.69, 9.17) is 0 Å². The van der Waals surface area contributed by atoms with Crippen molar-refractivity contribution in [1.82, 2.24) is 10.2 Å². The third-order valence-electron chi connectivity index (χ3n) is 3.82. The van der Waals surface area contributed by atoms with Crippen LogP contribution in [0.5, 0.6) is 0 Å². The molecule has 0 aliphatic carbocycles. The minimum absolute atomic E-state index is 0.415. The van der Waals surface area contributed by atoms with E-state index in [0.717, 1.165) is 13.1 Å². The van der Waals surface area contributed by atoms with Crippen LogP contribution in [-0.4, -0.2) is 31.1 Å². The first kappa shape index (κ1) is 16.2. The lowest BCUT2D eigenvalue weighted by Gasteiger charge is -2.29. The molecular formula is C17H30N2. The Hall–Kier alpha value is -0.860. The van der Waals surface area contributed by atoms with E-state index >= 15 is 0 Å². The number of rotatable bonds is 8. The summed E-state index contributed by atoms with van der Waals surface area (Å²) in [5.74, 6) is 0. The highest BCUT2D eigenvalue weighted by Gasteiger charge is 2.15. The van der Waals surface area contributed by atoms with Gasteiger partial charge in [-0.25, -0.2) is 0 Å². The fourth-order valence-corrected chi connectivity index (χ4v) is 2.51. The average molecular weight is 262 g/mol. The minimum atomic E-state index is 0.415. The van der Waals surface area contributed by atoms with E-state index in [2.05, 4.69) is 69.2 Å². The molecule has 0 heterocycles. The van der Waals surface area contributed by atoms with Gasteiger partial charge in [0.1, 0.15) is 0 Å². The molecule has 0 saturated heterocycles. The number of hydrogen-bond donors (Lipinski definition) is 1. The van der Waals surface area contributed by atoms with Crippen molar-refractivity contribution in [3.63, 3.8) is 0 Å². The van der Waals surface area contributed by atoms with Crippen LogP contribution in [0.25, 0.3) is 0 Å². The van der Waals surface area contributed by atoms with Gasteiger partial charge in [0.2, 0.25) is 0 Å². The Balaban J connectivity index is 2.73. The highest BCUT2D eigenvalue weighted by Crippen LogP contribution is 2.17. The van der Waals surface area contributed by atoms with Crippen LogP contribution in [0.1, 0.15) is 51.3 Å². The largest absolute Gasteiger partial charge is 0.312 e. The van der Waals surface area contributed by atoms with Crippen molar-refractivity contribution in [1.29, 1.82) is 0 Å². The van der Waals surface area contributed by atoms with E-state index in [1.165, 1.54) is 24.0 Å². The third kappa shape index (κ3) is 4.96. The Kier molecular flexibility index (Phi) is 7.11. The van der Waals surface area contributed by atoms with Gasteiger partial charge in [0, 0.05) is 18.6 Å². The summed E-state index contributed by atoms with van der Waals surface area (Å²) in [5.41, 5.74) is 2.83. The minimum Gasteiger partial charge on any atom is -0.312 e. The van der Waals surface area contributed by atoms with E-state index < -0.39 is 0 Å². The zero-order valence-electron chi connectivity index (χ0n) is 13.2. The van der Waals surface area contributed by atoms with Crippen LogP contribution in [0, 0.1) is 0 Å². The van der Waals surface area contributed by atoms with Gasteiger partial charge in [0.15, 0.2) is 0 Å². The van der Waals surface area contributed by atoms with Gasteiger partial charge < -0.3 is 5.32 Å². The Morgan fingerprint density at radius 1 is 1.11 bits per heavy atom. The zero-order chi connectivity index (χ0) is 14.3. The van der Waals surface area contributed by atoms with Gasteiger partial charge in [0.05, 0.1) is 0 Å². The maximum Gasteiger partial charge on any atom is 0.0446 e. The molecule has 2 nitrogen and oxygen atoms in total. The molecule has 1 aromatic rings. The van der Waals surface area contributed by atoms with Crippen molar-refractivity contribution in [3.05, 3.63) is 35.4 Å². The molecular weight excluding hydrogens is 232 g/mol. The molecule has 0 aliphatic rings. The van der Waals surface area contributed by atoms with Crippen LogP contribution in [-0.2, 0) is 6.42 Å². The van der Waals surface area contributed by atoms with Crippen LogP contribution in [0.4, 0.5) is 0 Å². The molecule has 0 fully saturated rings. The summed E-state index contributed by atoms with van der Waals surface area (Å²) in [5, 5.41) is 3.45. The molecule has 0 amide bonds. The van der Waals surface area contributed by atoms with Gasteiger partial charge in [-0.15, -0.1) is 0 Å². The predicted octanol–water partition coefficient (Wildman–Crippen LogP) is 3.63. The molecule has 0 radical (unpaired) electrons. The Morgan fingerprint density at radius 2 is 1.74 bits per heavy atom. The molecule has 0 aromatic heterocycles. The molecule has 1 N–H and O–H groups in total. The summed E-state index contributed by atoms with van der Waals surface area (Å²) in [4.78, 5) is 2.50. The molecule has 2 heteroatoms. The monoisotopic (exact) mass is 262 g/mol. The topological polar surface area (TPSA) is 15.3 Å². The standard InChI is InChI=1S/C17H30N2/c1-6-8-15-9-11-16(12-10-15)17(18-5)13-19(7-2)14(3)4/h9-12,14,17-18H,6-8,13H2,1-5H3. The summed E-state index contributed by atoms with van der Waals surface area (Å²) in [6, 6.07) is 10.1. The molecule has 1 atom stereocenters. The lowest BCUT2D eigenvalue weighted by Crippen LogP contribution is -2.38. The number of likely N-dealkylation sites (N-methyl/N-ethyl adjacent to an activating group) is 2. The molecule has 0 bridgehead atoms. The Morgan fingerprint density at radius 3 is 2.16 bits per heavy atom. The zero-order valence-corrected chi connectivity index (χ0v) is 13.2. The highest BCUT2D eigenvalue weighted by molar-refractivity contribution is 5.25. The predicted molar refractivity (Wildman–Crippen MR) is 84.6 cm³/mol. The fourth-order valence-electron chi connectivity index (χ4n) is 2.51. The van der Waals surface area contributed by atoms with Crippen molar-refractivity contribution in [3.8, 4) is 0 Å². The molecule has 1 unspecified atom stereocenters. The normalized spacial score (nSPS) is 13.2. The number of aryl methyl sites for hydroxylation is 1. The number of hydrogen-bond acceptors (Lipinski definition) is 2. The van der Waals surface area contributed by atoms with Crippen LogP contribution in [0.2, 0.25) is 0 Å². The maximum absolute atomic E-state index is 3.45. The molecule has 108 valence electrons. The summed E-state index contributed by atoms with van der Waals surface area (Å²) in [6.45, 7) is 11.2. The van der Waals surface area contributed by atoms with Crippen LogP contribution in [0.3, 0.4) is 0 Å². The van der Waals surface area contributed by atoms with Gasteiger partial charge in [0.25, 0.3) is 0 Å². The quantitative estimate of drug-likeness (QED) is 0.769. The van der Waals surface area contributed by atoms with Gasteiger partial charge in [-0.05, 0) is 45.0 Å². The van der Waals surface area contributed by atoms with Crippen molar-refractivity contribution in [2.75, 3.05) is 20.1 Å². The lowest BCUT2D eigenvalue weighted by atomic mass is 10.0. The summed E-state index contributed by atoms with van der Waals surface area (Å²) < 4.78 is 0. The smallest absolute Gasteiger partial charge is 0.0446 e. The first-order chi connectivity index (χ1) is 9.12. The van der Waals surface area contributed by atoms with Crippen molar-refractivity contribution >= 4 is 0 Å². The summed E-state index contributed by atoms with van der Waals surface area (Å²) >= 11 is 0. The Labute approximate surface area is 119 Å². The number of nitrogens with zero attached hydrogens (tertiary/aromatic N) is 1. The van der Waals surface area contributed by atoms with E-state index in [9.17, 15) is 0 Å². The van der Waals surface area contributed by atoms with Crippen LogP contribution < -0.4 is 5.32 Å². The summed E-state index contributed by atoms with van der Waals surface area (Å²) in [7, 11) is 2.05. The van der Waals surface area contributed by atoms with Crippen molar-refractivity contribution in [2.24, 2.45) is 0 Å². The van der Waals surface area contributed by atoms with E-state index in [0.29, 0.717) is 12.1 Å². The number of benzene rings is 1. The van der Waals surface area contributed by atoms with Crippen molar-refractivity contribution in [2.45, 2.75) is 52.6 Å². The van der Waals surface area contributed by atoms with E-state index in [1.807, 2.05) is 0 Å². The molecule has 0 spiro atoms. The van der Waals surface area contributed by atoms with Gasteiger partial charge in [-0.3, -0.25) is 4.90 Å². The molecule has 19 heavy (non-hydrogen) atoms. The highest BCUT2D eigenvalue weighted by atomic mass is 15.2. The number of nitrogens with one attached hydrogen (secondary N) is 1. The SMILES string of the molecule is CCCc1ccc(C(CN(CC)C(C)C)NC)cc1. The first-order valence-electron chi connectivity index (χ1n) is 7.62. The third-order valence-corrected chi connectivity index (χ3v) is 3.82. The second-order valence-corrected chi connectivity index (χ2v) is 5.51. The van der Waals surface area contributed by atoms with Gasteiger partial charge in [-0.2, -0.15) is 0 Å². The maximum atomic E-state index is 3.45. The van der Waals surface area contributed by atoms with E-state index in [-0.39, 0.29) is 0 Å². The van der Waals surface area contributed by atoms with Crippen molar-refractivity contribution < 1.29 is 0 Å². The van der Waals surface area contributed by atoms with Gasteiger partial charge >= 0.3 is 0 Å². The molecule has 1 rings (SSSR count). The summed E-state index contributed by atoms with van der Waals surface area (Å²) in [6.07, 6.45) is 2.39. The Bertz CT molecular complexity index is 343. The first-order valence-corrected chi connectivity index (χ1v) is 7.62. The molecule has 0 saturated carbocycles. The second-order valence-electron chi connectivity index (χ2n) is 5.51. The lowest BCUT2D eigenvalue weighted by molar-refractivity contribution is 0.210. The fraction of sp³-hybridized carbons (Fsp3) is 0.647. The van der Waals surface area contributed by atoms with E-state index in [1.54, 1.807) is 0 Å².